The summed E-state index contributed by atoms with van der Waals surface area (Å²) in [4.78, 5) is 19.8. The molecule has 3 aromatic heterocycles. The Morgan fingerprint density at radius 2 is 2.31 bits per heavy atom. The summed E-state index contributed by atoms with van der Waals surface area (Å²) >= 11 is 1.41. The van der Waals surface area contributed by atoms with Crippen molar-refractivity contribution in [3.8, 4) is 17.5 Å². The quantitative estimate of drug-likeness (QED) is 0.667. The van der Waals surface area contributed by atoms with Crippen molar-refractivity contribution in [3.63, 3.8) is 0 Å². The van der Waals surface area contributed by atoms with E-state index in [9.17, 15) is 4.79 Å². The van der Waals surface area contributed by atoms with Gasteiger partial charge in [0.2, 0.25) is 5.91 Å². The summed E-state index contributed by atoms with van der Waals surface area (Å²) in [6, 6.07) is 5.98. The van der Waals surface area contributed by atoms with Gasteiger partial charge in [-0.15, -0.1) is 11.3 Å². The molecule has 0 atom stereocenters. The van der Waals surface area contributed by atoms with E-state index >= 15 is 0 Å². The number of rotatable bonds is 7. The van der Waals surface area contributed by atoms with Crippen LogP contribution in [0.25, 0.3) is 11.4 Å². The average molecular weight is 368 g/mol. The van der Waals surface area contributed by atoms with Gasteiger partial charge in [-0.05, 0) is 38.0 Å². The Kier molecular flexibility index (Phi) is 5.49. The predicted molar refractivity (Wildman–Crippen MR) is 101 cm³/mol. The van der Waals surface area contributed by atoms with Crippen LogP contribution in [-0.4, -0.2) is 25.7 Å². The molecule has 0 aliphatic carbocycles. The molecule has 3 heterocycles. The minimum Gasteiger partial charge on any atom is -0.360 e. The van der Waals surface area contributed by atoms with Crippen molar-refractivity contribution in [3.05, 3.63) is 40.7 Å². The number of nitriles is 1. The highest BCUT2D eigenvalue weighted by Crippen LogP contribution is 2.24. The van der Waals surface area contributed by atoms with E-state index in [2.05, 4.69) is 26.5 Å². The fourth-order valence-electron chi connectivity index (χ4n) is 2.83. The van der Waals surface area contributed by atoms with Crippen LogP contribution in [0.15, 0.2) is 23.7 Å². The van der Waals surface area contributed by atoms with Gasteiger partial charge in [0, 0.05) is 23.7 Å². The van der Waals surface area contributed by atoms with Crippen LogP contribution in [0.2, 0.25) is 0 Å². The SMILES string of the molecule is Cc1nn(CCC#N)c(C)c1CCC(=O)Nc1nc(-c2ccc[nH]2)cs1. The maximum atomic E-state index is 12.3. The van der Waals surface area contributed by atoms with Crippen LogP contribution in [0, 0.1) is 25.2 Å². The molecule has 3 rings (SSSR count). The first kappa shape index (κ1) is 17.9. The minimum atomic E-state index is -0.0686. The lowest BCUT2D eigenvalue weighted by Crippen LogP contribution is -2.12. The van der Waals surface area contributed by atoms with Gasteiger partial charge < -0.3 is 10.3 Å². The molecule has 7 nitrogen and oxygen atoms in total. The second-order valence-corrected chi connectivity index (χ2v) is 6.81. The van der Waals surface area contributed by atoms with E-state index < -0.39 is 0 Å². The fraction of sp³-hybridized carbons (Fsp3) is 0.333. The Hall–Kier alpha value is -2.92. The van der Waals surface area contributed by atoms with Crippen molar-refractivity contribution >= 4 is 22.4 Å². The maximum Gasteiger partial charge on any atom is 0.226 e. The third kappa shape index (κ3) is 4.00. The molecule has 0 bridgehead atoms. The highest BCUT2D eigenvalue weighted by Gasteiger charge is 2.14. The first-order valence-electron chi connectivity index (χ1n) is 8.37. The van der Waals surface area contributed by atoms with Crippen molar-refractivity contribution in [2.75, 3.05) is 5.32 Å². The Morgan fingerprint density at radius 3 is 3.04 bits per heavy atom. The van der Waals surface area contributed by atoms with Crippen molar-refractivity contribution in [1.29, 1.82) is 5.26 Å². The molecule has 0 spiro atoms. The molecule has 0 saturated heterocycles. The number of aromatic nitrogens is 4. The first-order valence-corrected chi connectivity index (χ1v) is 9.25. The average Bonchev–Trinajstić information content (AvgIpc) is 3.33. The molecule has 0 radical (unpaired) electrons. The number of aromatic amines is 1. The third-order valence-electron chi connectivity index (χ3n) is 4.19. The molecule has 0 fully saturated rings. The molecule has 8 heteroatoms. The number of hydrogen-bond acceptors (Lipinski definition) is 5. The Bertz CT molecular complexity index is 932. The number of hydrogen-bond donors (Lipinski definition) is 2. The Labute approximate surface area is 155 Å². The number of thiazole rings is 1. The van der Waals surface area contributed by atoms with Crippen LogP contribution in [0.4, 0.5) is 5.13 Å². The first-order chi connectivity index (χ1) is 12.6. The number of nitrogens with one attached hydrogen (secondary N) is 2. The highest BCUT2D eigenvalue weighted by molar-refractivity contribution is 7.14. The summed E-state index contributed by atoms with van der Waals surface area (Å²) in [5.74, 6) is -0.0686. The summed E-state index contributed by atoms with van der Waals surface area (Å²) in [7, 11) is 0. The molecule has 0 saturated carbocycles. The van der Waals surface area contributed by atoms with Gasteiger partial charge in [-0.2, -0.15) is 10.4 Å². The number of nitrogens with zero attached hydrogens (tertiary/aromatic N) is 4. The zero-order valence-electron chi connectivity index (χ0n) is 14.7. The molecule has 3 aromatic rings. The molecular weight excluding hydrogens is 348 g/mol. The number of carbonyl (C=O) groups is 1. The van der Waals surface area contributed by atoms with E-state index in [0.29, 0.717) is 30.9 Å². The van der Waals surface area contributed by atoms with E-state index in [0.717, 1.165) is 28.3 Å². The van der Waals surface area contributed by atoms with Gasteiger partial charge in [-0.25, -0.2) is 4.98 Å². The minimum absolute atomic E-state index is 0.0686. The van der Waals surface area contributed by atoms with E-state index in [1.807, 2.05) is 42.2 Å². The zero-order valence-corrected chi connectivity index (χ0v) is 15.6. The summed E-state index contributed by atoms with van der Waals surface area (Å²) in [5, 5.41) is 18.5. The van der Waals surface area contributed by atoms with Gasteiger partial charge >= 0.3 is 0 Å². The summed E-state index contributed by atoms with van der Waals surface area (Å²) in [5.41, 5.74) is 4.76. The number of anilines is 1. The molecular formula is C18H20N6OS. The topological polar surface area (TPSA) is 99.4 Å². The van der Waals surface area contributed by atoms with Crippen molar-refractivity contribution < 1.29 is 4.79 Å². The number of carbonyl (C=O) groups excluding carboxylic acids is 1. The van der Waals surface area contributed by atoms with E-state index in [4.69, 9.17) is 5.26 Å². The molecule has 0 aliphatic rings. The highest BCUT2D eigenvalue weighted by atomic mass is 32.1. The van der Waals surface area contributed by atoms with Gasteiger partial charge in [0.25, 0.3) is 0 Å². The lowest BCUT2D eigenvalue weighted by Gasteiger charge is -2.04. The van der Waals surface area contributed by atoms with Crippen LogP contribution in [0.5, 0.6) is 0 Å². The Morgan fingerprint density at radius 1 is 1.46 bits per heavy atom. The van der Waals surface area contributed by atoms with E-state index in [1.165, 1.54) is 11.3 Å². The normalized spacial score (nSPS) is 10.7. The van der Waals surface area contributed by atoms with Crippen molar-refractivity contribution in [1.82, 2.24) is 19.7 Å². The van der Waals surface area contributed by atoms with Gasteiger partial charge in [-0.3, -0.25) is 9.48 Å². The zero-order chi connectivity index (χ0) is 18.5. The number of aryl methyl sites for hydroxylation is 2. The van der Waals surface area contributed by atoms with Crippen LogP contribution in [-0.2, 0) is 17.8 Å². The van der Waals surface area contributed by atoms with Gasteiger partial charge in [0.05, 0.1) is 36.1 Å². The predicted octanol–water partition coefficient (Wildman–Crippen LogP) is 3.44. The smallest absolute Gasteiger partial charge is 0.226 e. The molecule has 1 amide bonds. The van der Waals surface area contributed by atoms with Crippen LogP contribution in [0.1, 0.15) is 29.8 Å². The second kappa shape index (κ2) is 7.97. The van der Waals surface area contributed by atoms with Crippen molar-refractivity contribution in [2.45, 2.75) is 39.7 Å². The van der Waals surface area contributed by atoms with E-state index in [-0.39, 0.29) is 5.91 Å². The summed E-state index contributed by atoms with van der Waals surface area (Å²) in [6.45, 7) is 4.50. The molecule has 0 unspecified atom stereocenters. The molecule has 0 aliphatic heterocycles. The van der Waals surface area contributed by atoms with Crippen LogP contribution >= 0.6 is 11.3 Å². The van der Waals surface area contributed by atoms with Gasteiger partial charge in [0.1, 0.15) is 0 Å². The summed E-state index contributed by atoms with van der Waals surface area (Å²) in [6.07, 6.45) is 3.25. The van der Waals surface area contributed by atoms with Crippen LogP contribution in [0.3, 0.4) is 0 Å². The number of amides is 1. The standard InChI is InChI=1S/C18H20N6OS/c1-12-14(13(2)24(23-12)10-4-8-19)6-7-17(25)22-18-21-16(11-26-18)15-5-3-9-20-15/h3,5,9,11,20H,4,6-7,10H2,1-2H3,(H,21,22,25). The number of H-pyrrole nitrogens is 1. The molecule has 2 N–H and O–H groups in total. The molecule has 26 heavy (non-hydrogen) atoms. The third-order valence-corrected chi connectivity index (χ3v) is 4.95. The monoisotopic (exact) mass is 368 g/mol. The van der Waals surface area contributed by atoms with Gasteiger partial charge in [-0.1, -0.05) is 0 Å². The van der Waals surface area contributed by atoms with Crippen LogP contribution < -0.4 is 5.32 Å². The molecule has 0 aromatic carbocycles. The second-order valence-electron chi connectivity index (χ2n) is 5.95. The maximum absolute atomic E-state index is 12.3. The van der Waals surface area contributed by atoms with E-state index in [1.54, 1.807) is 0 Å². The fourth-order valence-corrected chi connectivity index (χ4v) is 3.56. The lowest BCUT2D eigenvalue weighted by molar-refractivity contribution is -0.116. The van der Waals surface area contributed by atoms with Gasteiger partial charge in [0.15, 0.2) is 5.13 Å². The Balaban J connectivity index is 1.58. The van der Waals surface area contributed by atoms with Crippen molar-refractivity contribution in [2.24, 2.45) is 0 Å². The largest absolute Gasteiger partial charge is 0.360 e. The summed E-state index contributed by atoms with van der Waals surface area (Å²) < 4.78 is 1.84. The lowest BCUT2D eigenvalue weighted by atomic mass is 10.1. The molecule has 134 valence electrons.